The van der Waals surface area contributed by atoms with E-state index in [4.69, 9.17) is 11.6 Å². The molecule has 1 aliphatic rings. The second-order valence-electron chi connectivity index (χ2n) is 5.68. The first kappa shape index (κ1) is 14.4. The van der Waals surface area contributed by atoms with Crippen molar-refractivity contribution >= 4 is 28.7 Å². The van der Waals surface area contributed by atoms with Crippen LogP contribution < -0.4 is 5.32 Å². The number of hydrogen-bond donors (Lipinski definition) is 1. The third-order valence-corrected chi connectivity index (χ3v) is 4.05. The molecule has 0 bridgehead atoms. The van der Waals surface area contributed by atoms with Crippen LogP contribution in [0.15, 0.2) is 0 Å². The van der Waals surface area contributed by atoms with Gasteiger partial charge in [-0.15, -0.1) is 11.6 Å². The van der Waals surface area contributed by atoms with Crippen LogP contribution in [0.2, 0.25) is 0 Å². The van der Waals surface area contributed by atoms with Gasteiger partial charge >= 0.3 is 0 Å². The van der Waals surface area contributed by atoms with Crippen LogP contribution in [0.4, 0.5) is 0 Å². The molecule has 0 aliphatic heterocycles. The molecule has 1 amide bonds. The Morgan fingerprint density at radius 1 is 1.52 bits per heavy atom. The lowest BCUT2D eigenvalue weighted by Crippen LogP contribution is -2.29. The van der Waals surface area contributed by atoms with Gasteiger partial charge in [-0.25, -0.2) is 4.98 Å². The summed E-state index contributed by atoms with van der Waals surface area (Å²) in [6.45, 7) is 5.09. The second kappa shape index (κ2) is 5.33. The minimum atomic E-state index is -0.184. The Morgan fingerprint density at radius 3 is 2.86 bits per heavy atom. The molecular formula is C14H20ClN5O. The fraction of sp³-hybridized carbons (Fsp3) is 0.643. The van der Waals surface area contributed by atoms with E-state index < -0.39 is 0 Å². The SMILES string of the molecule is Cc1nn(C)c2c1nc(C(C)Cl)n2CCNC(=O)C1CC1. The Bertz CT molecular complexity index is 683. The third kappa shape index (κ3) is 2.64. The number of carbonyl (C=O) groups is 1. The van der Waals surface area contributed by atoms with Crippen LogP contribution in [0, 0.1) is 12.8 Å². The molecule has 1 fully saturated rings. The Balaban J connectivity index is 1.84. The number of nitrogens with zero attached hydrogens (tertiary/aromatic N) is 4. The van der Waals surface area contributed by atoms with E-state index in [1.54, 1.807) is 0 Å². The summed E-state index contributed by atoms with van der Waals surface area (Å²) >= 11 is 6.24. The highest BCUT2D eigenvalue weighted by atomic mass is 35.5. The summed E-state index contributed by atoms with van der Waals surface area (Å²) in [6, 6.07) is 0. The van der Waals surface area contributed by atoms with E-state index in [0.29, 0.717) is 13.1 Å². The Morgan fingerprint density at radius 2 is 2.24 bits per heavy atom. The molecule has 1 atom stereocenters. The van der Waals surface area contributed by atoms with Gasteiger partial charge in [-0.05, 0) is 26.7 Å². The standard InChI is InChI=1S/C14H20ClN5O/c1-8(15)12-17-11-9(2)18-19(3)14(11)20(12)7-6-16-13(21)10-4-5-10/h8,10H,4-7H2,1-3H3,(H,16,21). The number of nitrogens with one attached hydrogen (secondary N) is 1. The average molecular weight is 310 g/mol. The summed E-state index contributed by atoms with van der Waals surface area (Å²) in [5.74, 6) is 1.22. The number of alkyl halides is 1. The lowest BCUT2D eigenvalue weighted by molar-refractivity contribution is -0.122. The Kier molecular flexibility index (Phi) is 3.65. The van der Waals surface area contributed by atoms with Gasteiger partial charge in [-0.2, -0.15) is 5.10 Å². The fourth-order valence-electron chi connectivity index (χ4n) is 2.66. The van der Waals surface area contributed by atoms with E-state index >= 15 is 0 Å². The first-order chi connectivity index (χ1) is 9.99. The lowest BCUT2D eigenvalue weighted by atomic mass is 10.4. The summed E-state index contributed by atoms with van der Waals surface area (Å²) in [5, 5.41) is 7.19. The highest BCUT2D eigenvalue weighted by Crippen LogP contribution is 2.29. The van der Waals surface area contributed by atoms with Gasteiger partial charge in [0.15, 0.2) is 5.65 Å². The minimum Gasteiger partial charge on any atom is -0.354 e. The van der Waals surface area contributed by atoms with Crippen LogP contribution in [0.3, 0.4) is 0 Å². The highest BCUT2D eigenvalue weighted by molar-refractivity contribution is 6.20. The monoisotopic (exact) mass is 309 g/mol. The van der Waals surface area contributed by atoms with Gasteiger partial charge in [0.2, 0.25) is 5.91 Å². The number of aryl methyl sites for hydroxylation is 2. The maximum absolute atomic E-state index is 11.7. The van der Waals surface area contributed by atoms with Crippen molar-refractivity contribution in [3.8, 4) is 0 Å². The van der Waals surface area contributed by atoms with Crippen molar-refractivity contribution in [2.75, 3.05) is 6.54 Å². The van der Waals surface area contributed by atoms with Crippen LogP contribution in [-0.2, 0) is 18.4 Å². The highest BCUT2D eigenvalue weighted by Gasteiger charge is 2.29. The molecule has 1 saturated carbocycles. The van der Waals surface area contributed by atoms with Crippen molar-refractivity contribution in [3.05, 3.63) is 11.5 Å². The zero-order valence-corrected chi connectivity index (χ0v) is 13.3. The number of imidazole rings is 1. The maximum Gasteiger partial charge on any atom is 0.223 e. The number of amides is 1. The molecule has 0 aromatic carbocycles. The molecule has 2 aromatic heterocycles. The van der Waals surface area contributed by atoms with Crippen LogP contribution in [-0.4, -0.2) is 31.8 Å². The number of rotatable bonds is 5. The van der Waals surface area contributed by atoms with Gasteiger partial charge in [-0.1, -0.05) is 0 Å². The number of aromatic nitrogens is 4. The summed E-state index contributed by atoms with van der Waals surface area (Å²) in [7, 11) is 1.90. The summed E-state index contributed by atoms with van der Waals surface area (Å²) in [6.07, 6.45) is 2.04. The molecule has 114 valence electrons. The van der Waals surface area contributed by atoms with Crippen LogP contribution in [0.25, 0.3) is 11.2 Å². The average Bonchev–Trinajstić information content (AvgIpc) is 3.13. The predicted octanol–water partition coefficient (Wildman–Crippen LogP) is 1.90. The molecule has 1 unspecified atom stereocenters. The van der Waals surface area contributed by atoms with Crippen LogP contribution >= 0.6 is 11.6 Å². The predicted molar refractivity (Wildman–Crippen MR) is 81.2 cm³/mol. The third-order valence-electron chi connectivity index (χ3n) is 3.86. The summed E-state index contributed by atoms with van der Waals surface area (Å²) < 4.78 is 3.88. The van der Waals surface area contributed by atoms with Crippen molar-refractivity contribution in [1.82, 2.24) is 24.6 Å². The topological polar surface area (TPSA) is 64.7 Å². The van der Waals surface area contributed by atoms with Crippen molar-refractivity contribution in [1.29, 1.82) is 0 Å². The molecule has 0 radical (unpaired) electrons. The summed E-state index contributed by atoms with van der Waals surface area (Å²) in [4.78, 5) is 16.3. The van der Waals surface area contributed by atoms with Crippen molar-refractivity contribution in [3.63, 3.8) is 0 Å². The molecule has 1 aliphatic carbocycles. The number of halogens is 1. The largest absolute Gasteiger partial charge is 0.354 e. The van der Waals surface area contributed by atoms with Gasteiger partial charge in [0.1, 0.15) is 11.3 Å². The number of fused-ring (bicyclic) bond motifs is 1. The van der Waals surface area contributed by atoms with Crippen LogP contribution in [0.5, 0.6) is 0 Å². The fourth-order valence-corrected chi connectivity index (χ4v) is 2.82. The van der Waals surface area contributed by atoms with E-state index in [1.165, 1.54) is 0 Å². The van der Waals surface area contributed by atoms with Gasteiger partial charge in [0, 0.05) is 26.1 Å². The Hall–Kier alpha value is -1.56. The molecular weight excluding hydrogens is 290 g/mol. The molecule has 3 rings (SSSR count). The van der Waals surface area contributed by atoms with E-state index in [9.17, 15) is 4.79 Å². The minimum absolute atomic E-state index is 0.160. The van der Waals surface area contributed by atoms with Crippen molar-refractivity contribution < 1.29 is 4.79 Å². The van der Waals surface area contributed by atoms with E-state index in [0.717, 1.165) is 35.5 Å². The van der Waals surface area contributed by atoms with Gasteiger partial charge < -0.3 is 9.88 Å². The van der Waals surface area contributed by atoms with E-state index in [2.05, 4.69) is 20.0 Å². The van der Waals surface area contributed by atoms with Crippen molar-refractivity contribution in [2.24, 2.45) is 13.0 Å². The van der Waals surface area contributed by atoms with Gasteiger partial charge in [-0.3, -0.25) is 9.48 Å². The zero-order valence-electron chi connectivity index (χ0n) is 12.6. The molecule has 6 nitrogen and oxygen atoms in total. The lowest BCUT2D eigenvalue weighted by Gasteiger charge is -2.11. The molecule has 7 heteroatoms. The molecule has 0 saturated heterocycles. The van der Waals surface area contributed by atoms with Gasteiger partial charge in [0.25, 0.3) is 0 Å². The molecule has 2 aromatic rings. The first-order valence-corrected chi connectivity index (χ1v) is 7.74. The summed E-state index contributed by atoms with van der Waals surface area (Å²) in [5.41, 5.74) is 2.73. The smallest absolute Gasteiger partial charge is 0.223 e. The molecule has 0 spiro atoms. The molecule has 1 N–H and O–H groups in total. The van der Waals surface area contributed by atoms with Crippen molar-refractivity contribution in [2.45, 2.75) is 38.6 Å². The number of carbonyl (C=O) groups excluding carboxylic acids is 1. The van der Waals surface area contributed by atoms with E-state index in [1.807, 2.05) is 25.6 Å². The number of hydrogen-bond acceptors (Lipinski definition) is 3. The second-order valence-corrected chi connectivity index (χ2v) is 6.34. The quantitative estimate of drug-likeness (QED) is 0.858. The Labute approximate surface area is 128 Å². The van der Waals surface area contributed by atoms with Gasteiger partial charge in [0.05, 0.1) is 11.1 Å². The molecule has 2 heterocycles. The zero-order chi connectivity index (χ0) is 15.1. The van der Waals surface area contributed by atoms with Crippen LogP contribution in [0.1, 0.15) is 36.7 Å². The van der Waals surface area contributed by atoms with E-state index in [-0.39, 0.29) is 17.2 Å². The molecule has 21 heavy (non-hydrogen) atoms. The first-order valence-electron chi connectivity index (χ1n) is 7.30. The maximum atomic E-state index is 11.7. The normalized spacial score (nSPS) is 16.4.